The van der Waals surface area contributed by atoms with Crippen LogP contribution in [0, 0.1) is 6.92 Å². The molecule has 114 valence electrons. The first-order valence-electron chi connectivity index (χ1n) is 7.25. The minimum absolute atomic E-state index is 0.922. The van der Waals surface area contributed by atoms with Crippen molar-refractivity contribution in [3.8, 4) is 11.3 Å². The lowest BCUT2D eigenvalue weighted by Gasteiger charge is -2.11. The summed E-state index contributed by atoms with van der Waals surface area (Å²) in [5.41, 5.74) is 5.31. The number of fused-ring (bicyclic) bond motifs is 1. The summed E-state index contributed by atoms with van der Waals surface area (Å²) in [6.07, 6.45) is 2.04. The molecule has 0 aliphatic rings. The highest BCUT2D eigenvalue weighted by Crippen LogP contribution is 2.33. The Labute approximate surface area is 146 Å². The summed E-state index contributed by atoms with van der Waals surface area (Å²) in [6.45, 7) is 2.10. The van der Waals surface area contributed by atoms with Crippen molar-refractivity contribution >= 4 is 44.4 Å². The van der Waals surface area contributed by atoms with Gasteiger partial charge < -0.3 is 5.32 Å². The largest absolute Gasteiger partial charge is 0.339 e. The van der Waals surface area contributed by atoms with Crippen molar-refractivity contribution in [1.29, 1.82) is 0 Å². The van der Waals surface area contributed by atoms with Crippen molar-refractivity contribution in [2.75, 3.05) is 5.32 Å². The topological polar surface area (TPSA) is 29.3 Å². The number of nitrogens with zero attached hydrogens (tertiary/aromatic N) is 2. The van der Waals surface area contributed by atoms with E-state index in [4.69, 9.17) is 4.98 Å². The van der Waals surface area contributed by atoms with Gasteiger partial charge >= 0.3 is 0 Å². The van der Waals surface area contributed by atoms with Crippen molar-refractivity contribution < 1.29 is 0 Å². The summed E-state index contributed by atoms with van der Waals surface area (Å²) in [5.74, 6) is 0.981. The Balaban J connectivity index is 1.93. The quantitative estimate of drug-likeness (QED) is 0.478. The molecule has 0 aliphatic carbocycles. The van der Waals surface area contributed by atoms with Crippen molar-refractivity contribution in [2.45, 2.75) is 6.92 Å². The maximum absolute atomic E-state index is 4.81. The minimum atomic E-state index is 0.922. The zero-order valence-electron chi connectivity index (χ0n) is 12.5. The first kappa shape index (κ1) is 14.5. The number of aromatic nitrogens is 2. The third kappa shape index (κ3) is 2.66. The Morgan fingerprint density at radius 3 is 2.78 bits per heavy atom. The van der Waals surface area contributed by atoms with Crippen LogP contribution in [0.1, 0.15) is 5.56 Å². The second kappa shape index (κ2) is 5.83. The standard InChI is InChI=1S/C18H14BrN3S/c1-12-4-2-3-5-15(12)20-18-17(13-8-9-23-11-13)21-16-7-6-14(19)10-22(16)18/h2-11,20H,1H3. The van der Waals surface area contributed by atoms with Gasteiger partial charge in [0.15, 0.2) is 0 Å². The van der Waals surface area contributed by atoms with Gasteiger partial charge in [0.05, 0.1) is 0 Å². The molecule has 3 heterocycles. The number of aryl methyl sites for hydroxylation is 1. The van der Waals surface area contributed by atoms with Gasteiger partial charge in [-0.1, -0.05) is 18.2 Å². The van der Waals surface area contributed by atoms with E-state index >= 15 is 0 Å². The number of halogens is 1. The number of anilines is 2. The van der Waals surface area contributed by atoms with E-state index in [-0.39, 0.29) is 0 Å². The van der Waals surface area contributed by atoms with Gasteiger partial charge in [0.2, 0.25) is 0 Å². The second-order valence-electron chi connectivity index (χ2n) is 5.34. The third-order valence-electron chi connectivity index (χ3n) is 3.78. The molecular weight excluding hydrogens is 370 g/mol. The summed E-state index contributed by atoms with van der Waals surface area (Å²) in [7, 11) is 0. The molecule has 4 rings (SSSR count). The van der Waals surface area contributed by atoms with Crippen LogP contribution in [0.2, 0.25) is 0 Å². The molecule has 0 aliphatic heterocycles. The van der Waals surface area contributed by atoms with E-state index in [1.54, 1.807) is 11.3 Å². The molecule has 0 radical (unpaired) electrons. The lowest BCUT2D eigenvalue weighted by atomic mass is 10.2. The summed E-state index contributed by atoms with van der Waals surface area (Å²) in [5, 5.41) is 7.76. The monoisotopic (exact) mass is 383 g/mol. The van der Waals surface area contributed by atoms with Gasteiger partial charge in [-0.05, 0) is 58.1 Å². The highest BCUT2D eigenvalue weighted by atomic mass is 79.9. The van der Waals surface area contributed by atoms with Crippen molar-refractivity contribution in [3.05, 3.63) is 69.5 Å². The van der Waals surface area contributed by atoms with Crippen molar-refractivity contribution in [3.63, 3.8) is 0 Å². The van der Waals surface area contributed by atoms with E-state index in [0.717, 1.165) is 32.9 Å². The van der Waals surface area contributed by atoms with E-state index in [2.05, 4.69) is 61.5 Å². The molecule has 4 aromatic rings. The SMILES string of the molecule is Cc1ccccc1Nc1c(-c2ccsc2)nc2ccc(Br)cn12. The van der Waals surface area contributed by atoms with Gasteiger partial charge in [0, 0.05) is 27.3 Å². The number of thiophene rings is 1. The number of hydrogen-bond donors (Lipinski definition) is 1. The fraction of sp³-hybridized carbons (Fsp3) is 0.0556. The highest BCUT2D eigenvalue weighted by molar-refractivity contribution is 9.10. The zero-order chi connectivity index (χ0) is 15.8. The summed E-state index contributed by atoms with van der Waals surface area (Å²) >= 11 is 5.23. The normalized spacial score (nSPS) is 11.0. The second-order valence-corrected chi connectivity index (χ2v) is 7.03. The van der Waals surface area contributed by atoms with E-state index in [9.17, 15) is 0 Å². The molecule has 1 N–H and O–H groups in total. The van der Waals surface area contributed by atoms with Gasteiger partial charge in [0.1, 0.15) is 17.2 Å². The maximum Gasteiger partial charge on any atom is 0.143 e. The fourth-order valence-electron chi connectivity index (χ4n) is 2.58. The fourth-order valence-corrected chi connectivity index (χ4v) is 3.56. The minimum Gasteiger partial charge on any atom is -0.339 e. The maximum atomic E-state index is 4.81. The number of pyridine rings is 1. The van der Waals surface area contributed by atoms with E-state index in [0.29, 0.717) is 0 Å². The molecule has 0 saturated heterocycles. The molecule has 0 atom stereocenters. The molecule has 5 heteroatoms. The van der Waals surface area contributed by atoms with Gasteiger partial charge in [-0.15, -0.1) is 0 Å². The number of nitrogens with one attached hydrogen (secondary N) is 1. The number of imidazole rings is 1. The molecule has 0 amide bonds. The van der Waals surface area contributed by atoms with E-state index < -0.39 is 0 Å². The smallest absolute Gasteiger partial charge is 0.143 e. The van der Waals surface area contributed by atoms with Gasteiger partial charge in [-0.25, -0.2) is 4.98 Å². The molecule has 0 bridgehead atoms. The molecule has 3 aromatic heterocycles. The first-order chi connectivity index (χ1) is 11.2. The van der Waals surface area contributed by atoms with Crippen LogP contribution >= 0.6 is 27.3 Å². The number of benzene rings is 1. The summed E-state index contributed by atoms with van der Waals surface area (Å²) in [6, 6.07) is 14.4. The Bertz CT molecular complexity index is 973. The average molecular weight is 384 g/mol. The van der Waals surface area contributed by atoms with Crippen LogP contribution < -0.4 is 5.32 Å². The van der Waals surface area contributed by atoms with Crippen LogP contribution in [-0.2, 0) is 0 Å². The van der Waals surface area contributed by atoms with E-state index in [1.807, 2.05) is 30.5 Å². The van der Waals surface area contributed by atoms with Crippen molar-refractivity contribution in [1.82, 2.24) is 9.38 Å². The Morgan fingerprint density at radius 2 is 2.00 bits per heavy atom. The molecule has 0 saturated carbocycles. The molecule has 0 unspecified atom stereocenters. The molecular formula is C18H14BrN3S. The molecule has 3 nitrogen and oxygen atoms in total. The predicted octanol–water partition coefficient (Wildman–Crippen LogP) is 5.88. The first-order valence-corrected chi connectivity index (χ1v) is 8.99. The zero-order valence-corrected chi connectivity index (χ0v) is 14.9. The van der Waals surface area contributed by atoms with Crippen LogP contribution in [-0.4, -0.2) is 9.38 Å². The van der Waals surface area contributed by atoms with Gasteiger partial charge in [-0.2, -0.15) is 11.3 Å². The van der Waals surface area contributed by atoms with Crippen LogP contribution in [0.15, 0.2) is 63.9 Å². The molecule has 23 heavy (non-hydrogen) atoms. The molecule has 0 spiro atoms. The lowest BCUT2D eigenvalue weighted by molar-refractivity contribution is 1.17. The third-order valence-corrected chi connectivity index (χ3v) is 4.93. The predicted molar refractivity (Wildman–Crippen MR) is 101 cm³/mol. The number of para-hydroxylation sites is 1. The Kier molecular flexibility index (Phi) is 3.67. The molecule has 1 aromatic carbocycles. The number of rotatable bonds is 3. The van der Waals surface area contributed by atoms with Crippen LogP contribution in [0.3, 0.4) is 0 Å². The van der Waals surface area contributed by atoms with Crippen LogP contribution in [0.4, 0.5) is 11.5 Å². The van der Waals surface area contributed by atoms with Crippen LogP contribution in [0.5, 0.6) is 0 Å². The summed E-state index contributed by atoms with van der Waals surface area (Å²) in [4.78, 5) is 4.81. The van der Waals surface area contributed by atoms with Gasteiger partial charge in [0.25, 0.3) is 0 Å². The van der Waals surface area contributed by atoms with Crippen molar-refractivity contribution in [2.24, 2.45) is 0 Å². The molecule has 0 fully saturated rings. The number of hydrogen-bond acceptors (Lipinski definition) is 3. The summed E-state index contributed by atoms with van der Waals surface area (Å²) < 4.78 is 3.11. The lowest BCUT2D eigenvalue weighted by Crippen LogP contribution is -1.98. The van der Waals surface area contributed by atoms with Crippen LogP contribution in [0.25, 0.3) is 16.9 Å². The Hall–Kier alpha value is -2.11. The van der Waals surface area contributed by atoms with E-state index in [1.165, 1.54) is 5.56 Å². The highest BCUT2D eigenvalue weighted by Gasteiger charge is 2.15. The van der Waals surface area contributed by atoms with Gasteiger partial charge in [-0.3, -0.25) is 4.40 Å². The average Bonchev–Trinajstić information content (AvgIpc) is 3.18. The Morgan fingerprint density at radius 1 is 1.13 bits per heavy atom.